The number of carboxylic acids is 1. The molecule has 112 valence electrons. The lowest BCUT2D eigenvalue weighted by atomic mass is 10.1. The molecule has 3 N–H and O–H groups in total. The highest BCUT2D eigenvalue weighted by atomic mass is 16.4. The molecule has 1 unspecified atom stereocenters. The molecule has 0 saturated heterocycles. The summed E-state index contributed by atoms with van der Waals surface area (Å²) in [6.45, 7) is 3.02. The van der Waals surface area contributed by atoms with E-state index in [0.717, 1.165) is 19.3 Å². The van der Waals surface area contributed by atoms with Crippen molar-refractivity contribution in [1.82, 2.24) is 10.2 Å². The second-order valence-corrected chi connectivity index (χ2v) is 4.82. The van der Waals surface area contributed by atoms with Crippen LogP contribution in [0, 0.1) is 5.92 Å². The molecule has 0 aliphatic heterocycles. The summed E-state index contributed by atoms with van der Waals surface area (Å²) < 4.78 is 0. The third-order valence-electron chi connectivity index (χ3n) is 3.01. The Morgan fingerprint density at radius 1 is 1.21 bits per heavy atom. The molecule has 0 rings (SSSR count). The first kappa shape index (κ1) is 17.7. The van der Waals surface area contributed by atoms with E-state index in [-0.39, 0.29) is 18.6 Å². The number of carbonyl (C=O) groups excluding carboxylic acids is 1. The fourth-order valence-electron chi connectivity index (χ4n) is 1.60. The molecule has 1 atom stereocenters. The maximum Gasteiger partial charge on any atom is 0.317 e. The molecule has 0 saturated carbocycles. The van der Waals surface area contributed by atoms with Gasteiger partial charge < -0.3 is 20.4 Å². The summed E-state index contributed by atoms with van der Waals surface area (Å²) in [5, 5.41) is 20.1. The van der Waals surface area contributed by atoms with E-state index in [1.165, 1.54) is 0 Å². The number of nitrogens with zero attached hydrogens (tertiary/aromatic N) is 1. The van der Waals surface area contributed by atoms with Crippen LogP contribution in [0.1, 0.15) is 39.0 Å². The van der Waals surface area contributed by atoms with Crippen LogP contribution in [0.25, 0.3) is 0 Å². The Labute approximate surface area is 114 Å². The van der Waals surface area contributed by atoms with Crippen molar-refractivity contribution >= 4 is 12.0 Å². The van der Waals surface area contributed by atoms with E-state index in [0.29, 0.717) is 25.9 Å². The Morgan fingerprint density at radius 3 is 2.47 bits per heavy atom. The van der Waals surface area contributed by atoms with Gasteiger partial charge in [0, 0.05) is 26.7 Å². The molecule has 0 aliphatic rings. The van der Waals surface area contributed by atoms with Crippen LogP contribution >= 0.6 is 0 Å². The van der Waals surface area contributed by atoms with E-state index in [2.05, 4.69) is 5.32 Å². The van der Waals surface area contributed by atoms with E-state index in [1.807, 2.05) is 0 Å². The molecule has 0 aromatic rings. The van der Waals surface area contributed by atoms with Crippen molar-refractivity contribution < 1.29 is 19.8 Å². The van der Waals surface area contributed by atoms with Gasteiger partial charge in [-0.2, -0.15) is 0 Å². The van der Waals surface area contributed by atoms with Crippen LogP contribution in [0.2, 0.25) is 0 Å². The van der Waals surface area contributed by atoms with Gasteiger partial charge in [-0.3, -0.25) is 4.79 Å². The molecule has 0 aromatic carbocycles. The molecular weight excluding hydrogens is 248 g/mol. The highest BCUT2D eigenvalue weighted by Gasteiger charge is 2.11. The van der Waals surface area contributed by atoms with Crippen LogP contribution in [0.3, 0.4) is 0 Å². The standard InChI is InChI=1S/C13H26N2O4/c1-11(12(17)18)7-6-8-14-13(19)15(2)9-4-3-5-10-16/h11,16H,3-10H2,1-2H3,(H,14,19)(H,17,18). The molecule has 6 nitrogen and oxygen atoms in total. The number of carboxylic acid groups (broad SMARTS) is 1. The van der Waals surface area contributed by atoms with Crippen molar-refractivity contribution in [3.8, 4) is 0 Å². The highest BCUT2D eigenvalue weighted by Crippen LogP contribution is 2.04. The summed E-state index contributed by atoms with van der Waals surface area (Å²) in [4.78, 5) is 23.8. The second-order valence-electron chi connectivity index (χ2n) is 4.82. The number of unbranched alkanes of at least 4 members (excludes halogenated alkanes) is 2. The minimum atomic E-state index is -0.799. The molecule has 6 heteroatoms. The summed E-state index contributed by atoms with van der Waals surface area (Å²) >= 11 is 0. The van der Waals surface area contributed by atoms with Gasteiger partial charge >= 0.3 is 12.0 Å². The zero-order chi connectivity index (χ0) is 14.7. The molecule has 0 bridgehead atoms. The van der Waals surface area contributed by atoms with Crippen LogP contribution < -0.4 is 5.32 Å². The average molecular weight is 274 g/mol. The van der Waals surface area contributed by atoms with Gasteiger partial charge in [0.1, 0.15) is 0 Å². The van der Waals surface area contributed by atoms with E-state index < -0.39 is 5.97 Å². The van der Waals surface area contributed by atoms with Crippen molar-refractivity contribution in [2.24, 2.45) is 5.92 Å². The van der Waals surface area contributed by atoms with Crippen LogP contribution in [0.4, 0.5) is 4.79 Å². The van der Waals surface area contributed by atoms with Crippen molar-refractivity contribution in [3.63, 3.8) is 0 Å². The van der Waals surface area contributed by atoms with Crippen LogP contribution in [-0.2, 0) is 4.79 Å². The average Bonchev–Trinajstić information content (AvgIpc) is 2.38. The normalized spacial score (nSPS) is 11.9. The molecule has 0 aromatic heterocycles. The fraction of sp³-hybridized carbons (Fsp3) is 0.846. The molecule has 2 amide bonds. The lowest BCUT2D eigenvalue weighted by Gasteiger charge is -2.18. The van der Waals surface area contributed by atoms with Gasteiger partial charge in [-0.1, -0.05) is 6.92 Å². The monoisotopic (exact) mass is 274 g/mol. The van der Waals surface area contributed by atoms with E-state index in [9.17, 15) is 9.59 Å². The number of nitrogens with one attached hydrogen (secondary N) is 1. The molecule has 0 heterocycles. The number of amides is 2. The number of aliphatic carboxylic acids is 1. The number of aliphatic hydroxyl groups is 1. The summed E-state index contributed by atoms with van der Waals surface area (Å²) in [5.74, 6) is -1.17. The van der Waals surface area contributed by atoms with Crippen LogP contribution in [-0.4, -0.2) is 53.9 Å². The Hall–Kier alpha value is -1.30. The fourth-order valence-corrected chi connectivity index (χ4v) is 1.60. The third-order valence-corrected chi connectivity index (χ3v) is 3.01. The van der Waals surface area contributed by atoms with E-state index in [4.69, 9.17) is 10.2 Å². The number of hydrogen-bond acceptors (Lipinski definition) is 3. The minimum Gasteiger partial charge on any atom is -0.481 e. The Balaban J connectivity index is 3.59. The van der Waals surface area contributed by atoms with Gasteiger partial charge in [-0.25, -0.2) is 4.79 Å². The zero-order valence-corrected chi connectivity index (χ0v) is 11.9. The van der Waals surface area contributed by atoms with Crippen molar-refractivity contribution in [2.45, 2.75) is 39.0 Å². The van der Waals surface area contributed by atoms with Gasteiger partial charge in [0.2, 0.25) is 0 Å². The number of urea groups is 1. The van der Waals surface area contributed by atoms with Gasteiger partial charge in [-0.15, -0.1) is 0 Å². The Bertz CT molecular complexity index is 271. The molecule has 0 spiro atoms. The number of hydrogen-bond donors (Lipinski definition) is 3. The van der Waals surface area contributed by atoms with E-state index in [1.54, 1.807) is 18.9 Å². The molecule has 19 heavy (non-hydrogen) atoms. The van der Waals surface area contributed by atoms with E-state index >= 15 is 0 Å². The quantitative estimate of drug-likeness (QED) is 0.524. The molecule has 0 radical (unpaired) electrons. The molecule has 0 fully saturated rings. The van der Waals surface area contributed by atoms with Gasteiger partial charge in [0.15, 0.2) is 0 Å². The lowest BCUT2D eigenvalue weighted by molar-refractivity contribution is -0.141. The Kier molecular flexibility index (Phi) is 9.88. The minimum absolute atomic E-state index is 0.132. The SMILES string of the molecule is CC(CCCNC(=O)N(C)CCCCCO)C(=O)O. The summed E-state index contributed by atoms with van der Waals surface area (Å²) in [5.41, 5.74) is 0. The maximum atomic E-state index is 11.6. The summed E-state index contributed by atoms with van der Waals surface area (Å²) in [6.07, 6.45) is 3.78. The maximum absolute atomic E-state index is 11.6. The molecule has 0 aliphatic carbocycles. The highest BCUT2D eigenvalue weighted by molar-refractivity contribution is 5.73. The first-order valence-corrected chi connectivity index (χ1v) is 6.81. The number of rotatable bonds is 10. The predicted molar refractivity (Wildman–Crippen MR) is 73.0 cm³/mol. The topological polar surface area (TPSA) is 89.9 Å². The largest absolute Gasteiger partial charge is 0.481 e. The van der Waals surface area contributed by atoms with Crippen molar-refractivity contribution in [2.75, 3.05) is 26.7 Å². The third kappa shape index (κ3) is 9.30. The lowest BCUT2D eigenvalue weighted by Crippen LogP contribution is -2.38. The first-order chi connectivity index (χ1) is 8.99. The molecular formula is C13H26N2O4. The summed E-state index contributed by atoms with van der Waals surface area (Å²) in [7, 11) is 1.73. The smallest absolute Gasteiger partial charge is 0.317 e. The summed E-state index contributed by atoms with van der Waals surface area (Å²) in [6, 6.07) is -0.132. The second kappa shape index (κ2) is 10.6. The van der Waals surface area contributed by atoms with Crippen LogP contribution in [0.5, 0.6) is 0 Å². The number of carbonyl (C=O) groups is 2. The van der Waals surface area contributed by atoms with Gasteiger partial charge in [0.05, 0.1) is 5.92 Å². The predicted octanol–water partition coefficient (Wildman–Crippen LogP) is 1.29. The van der Waals surface area contributed by atoms with Crippen molar-refractivity contribution in [1.29, 1.82) is 0 Å². The zero-order valence-electron chi connectivity index (χ0n) is 11.9. The Morgan fingerprint density at radius 2 is 1.89 bits per heavy atom. The van der Waals surface area contributed by atoms with Crippen molar-refractivity contribution in [3.05, 3.63) is 0 Å². The van der Waals surface area contributed by atoms with Gasteiger partial charge in [0.25, 0.3) is 0 Å². The number of aliphatic hydroxyl groups excluding tert-OH is 1. The van der Waals surface area contributed by atoms with Gasteiger partial charge in [-0.05, 0) is 32.1 Å². The first-order valence-electron chi connectivity index (χ1n) is 6.81. The van der Waals surface area contributed by atoms with Crippen LogP contribution in [0.15, 0.2) is 0 Å².